The summed E-state index contributed by atoms with van der Waals surface area (Å²) in [5.41, 5.74) is 5.59. The van der Waals surface area contributed by atoms with Gasteiger partial charge in [-0.2, -0.15) is 0 Å². The fourth-order valence-electron chi connectivity index (χ4n) is 4.79. The van der Waals surface area contributed by atoms with Gasteiger partial charge in [-0.3, -0.25) is 14.3 Å². The summed E-state index contributed by atoms with van der Waals surface area (Å²) in [4.78, 5) is 23.1. The van der Waals surface area contributed by atoms with E-state index in [0.29, 0.717) is 16.5 Å². The lowest BCUT2D eigenvalue weighted by Crippen LogP contribution is -2.29. The molecule has 184 valence electrons. The number of thiocarbonyl (C=S) groups is 1. The highest BCUT2D eigenvalue weighted by molar-refractivity contribution is 7.80. The van der Waals surface area contributed by atoms with E-state index in [1.54, 1.807) is 24.6 Å². The highest BCUT2D eigenvalue weighted by atomic mass is 32.1. The van der Waals surface area contributed by atoms with Crippen LogP contribution in [0.4, 0.5) is 11.4 Å². The molecule has 1 fully saturated rings. The molecule has 2 N–H and O–H groups in total. The van der Waals surface area contributed by atoms with Crippen molar-refractivity contribution in [3.63, 3.8) is 0 Å². The van der Waals surface area contributed by atoms with Gasteiger partial charge in [-0.1, -0.05) is 6.07 Å². The fourth-order valence-corrected chi connectivity index (χ4v) is 5.89. The molecule has 1 amide bonds. The Morgan fingerprint density at radius 2 is 2.00 bits per heavy atom. The van der Waals surface area contributed by atoms with Crippen molar-refractivity contribution < 1.29 is 9.53 Å². The van der Waals surface area contributed by atoms with E-state index in [2.05, 4.69) is 50.0 Å². The van der Waals surface area contributed by atoms with Crippen molar-refractivity contribution in [3.8, 4) is 10.9 Å². The topological polar surface area (TPSA) is 84.3 Å². The first-order chi connectivity index (χ1) is 17.4. The van der Waals surface area contributed by atoms with Gasteiger partial charge in [0.05, 0.1) is 30.6 Å². The highest BCUT2D eigenvalue weighted by Crippen LogP contribution is 2.45. The molecule has 1 aromatic carbocycles. The summed E-state index contributed by atoms with van der Waals surface area (Å²) in [5.74, 6) is 0.397. The number of pyridine rings is 1. The number of anilines is 2. The van der Waals surface area contributed by atoms with Crippen LogP contribution in [0.2, 0.25) is 0 Å². The number of thiazole rings is 1. The molecule has 0 radical (unpaired) electrons. The molecule has 4 heterocycles. The van der Waals surface area contributed by atoms with Crippen LogP contribution in [0.25, 0.3) is 5.13 Å². The van der Waals surface area contributed by atoms with E-state index in [0.717, 1.165) is 33.5 Å². The van der Waals surface area contributed by atoms with Gasteiger partial charge < -0.3 is 20.3 Å². The van der Waals surface area contributed by atoms with Crippen LogP contribution in [-0.4, -0.2) is 32.7 Å². The number of amides is 1. The summed E-state index contributed by atoms with van der Waals surface area (Å²) >= 11 is 7.48. The van der Waals surface area contributed by atoms with Gasteiger partial charge in [-0.05, 0) is 68.0 Å². The van der Waals surface area contributed by atoms with E-state index in [9.17, 15) is 4.79 Å². The first kappa shape index (κ1) is 24.0. The van der Waals surface area contributed by atoms with E-state index >= 15 is 0 Å². The molecule has 0 saturated carbocycles. The largest absolute Gasteiger partial charge is 0.495 e. The number of methoxy groups -OCH3 is 1. The molecular weight excluding hydrogens is 492 g/mol. The zero-order valence-electron chi connectivity index (χ0n) is 20.4. The standard InChI is InChI=1S/C26H26N6O2S2/c1-15-13-19(16(2)31(15)26-28-11-12-36-26)24-23(20-7-5-6-10-27-20)30-25(35)32(24)18-8-9-22(34-4)21(14-18)29-17(3)33/h5-14,23-24H,1-4H3,(H,29,33)(H,30,35). The molecule has 1 aliphatic heterocycles. The number of hydrogen-bond donors (Lipinski definition) is 2. The Kier molecular flexibility index (Phi) is 6.46. The monoisotopic (exact) mass is 518 g/mol. The summed E-state index contributed by atoms with van der Waals surface area (Å²) in [7, 11) is 1.58. The molecule has 4 aromatic rings. The Morgan fingerprint density at radius 1 is 1.17 bits per heavy atom. The number of benzene rings is 1. The molecule has 0 spiro atoms. The SMILES string of the molecule is COc1ccc(N2C(=S)NC(c3ccccn3)C2c2cc(C)n(-c3nccs3)c2C)cc1NC(C)=O. The minimum Gasteiger partial charge on any atom is -0.495 e. The first-order valence-electron chi connectivity index (χ1n) is 11.4. The van der Waals surface area contributed by atoms with E-state index in [4.69, 9.17) is 17.0 Å². The van der Waals surface area contributed by atoms with Gasteiger partial charge in [0.2, 0.25) is 5.91 Å². The normalized spacial score (nSPS) is 17.2. The number of hydrogen-bond acceptors (Lipinski definition) is 6. The lowest BCUT2D eigenvalue weighted by atomic mass is 9.96. The predicted molar refractivity (Wildman–Crippen MR) is 146 cm³/mol. The lowest BCUT2D eigenvalue weighted by molar-refractivity contribution is -0.114. The number of rotatable bonds is 6. The molecule has 36 heavy (non-hydrogen) atoms. The zero-order chi connectivity index (χ0) is 25.4. The number of nitrogens with zero attached hydrogens (tertiary/aromatic N) is 4. The van der Waals surface area contributed by atoms with Crippen LogP contribution in [-0.2, 0) is 4.79 Å². The van der Waals surface area contributed by atoms with Crippen molar-refractivity contribution in [3.05, 3.63) is 82.9 Å². The number of aryl methyl sites for hydroxylation is 1. The third-order valence-corrected chi connectivity index (χ3v) is 7.34. The maximum atomic E-state index is 11.9. The molecule has 1 aliphatic rings. The number of ether oxygens (including phenoxy) is 1. The van der Waals surface area contributed by atoms with Gasteiger partial charge in [0, 0.05) is 41.8 Å². The van der Waals surface area contributed by atoms with Gasteiger partial charge in [0.1, 0.15) is 5.75 Å². The Bertz CT molecular complexity index is 1420. The van der Waals surface area contributed by atoms with Crippen molar-refractivity contribution in [1.29, 1.82) is 0 Å². The molecular formula is C26H26N6O2S2. The van der Waals surface area contributed by atoms with Crippen molar-refractivity contribution >= 4 is 45.9 Å². The minimum atomic E-state index is -0.189. The molecule has 0 bridgehead atoms. The minimum absolute atomic E-state index is 0.178. The molecule has 8 nitrogen and oxygen atoms in total. The second-order valence-corrected chi connectivity index (χ2v) is 9.80. The number of carbonyl (C=O) groups excluding carboxylic acids is 1. The molecule has 1 saturated heterocycles. The molecule has 3 aromatic heterocycles. The average Bonchev–Trinajstić information content (AvgIpc) is 3.57. The molecule has 5 rings (SSSR count). The number of aromatic nitrogens is 3. The van der Waals surface area contributed by atoms with Crippen molar-refractivity contribution in [1.82, 2.24) is 19.9 Å². The molecule has 2 atom stereocenters. The van der Waals surface area contributed by atoms with Crippen molar-refractivity contribution in [2.45, 2.75) is 32.9 Å². The molecule has 0 aliphatic carbocycles. The Balaban J connectivity index is 1.67. The number of nitrogens with one attached hydrogen (secondary N) is 2. The van der Waals surface area contributed by atoms with Crippen LogP contribution < -0.4 is 20.3 Å². The van der Waals surface area contributed by atoms with Gasteiger partial charge in [-0.15, -0.1) is 11.3 Å². The van der Waals surface area contributed by atoms with Crippen LogP contribution in [0.3, 0.4) is 0 Å². The predicted octanol–water partition coefficient (Wildman–Crippen LogP) is 5.09. The van der Waals surface area contributed by atoms with Crippen LogP contribution in [0.5, 0.6) is 5.75 Å². The molecule has 10 heteroatoms. The van der Waals surface area contributed by atoms with E-state index < -0.39 is 0 Å². The number of carbonyl (C=O) groups is 1. The van der Waals surface area contributed by atoms with E-state index in [1.807, 2.05) is 48.0 Å². The van der Waals surface area contributed by atoms with E-state index in [1.165, 1.54) is 6.92 Å². The van der Waals surface area contributed by atoms with Crippen LogP contribution in [0.1, 0.15) is 41.7 Å². The summed E-state index contributed by atoms with van der Waals surface area (Å²) in [6.45, 7) is 5.66. The smallest absolute Gasteiger partial charge is 0.221 e. The Morgan fingerprint density at radius 3 is 2.67 bits per heavy atom. The maximum absolute atomic E-state index is 11.9. The highest BCUT2D eigenvalue weighted by Gasteiger charge is 2.42. The average molecular weight is 519 g/mol. The lowest BCUT2D eigenvalue weighted by Gasteiger charge is -2.28. The third-order valence-electron chi connectivity index (χ3n) is 6.27. The quantitative estimate of drug-likeness (QED) is 0.344. The summed E-state index contributed by atoms with van der Waals surface area (Å²) in [6.07, 6.45) is 3.61. The zero-order valence-corrected chi connectivity index (χ0v) is 22.0. The summed E-state index contributed by atoms with van der Waals surface area (Å²) < 4.78 is 7.64. The Labute approximate surface area is 219 Å². The van der Waals surface area contributed by atoms with Crippen LogP contribution in [0, 0.1) is 13.8 Å². The third kappa shape index (κ3) is 4.22. The van der Waals surface area contributed by atoms with Gasteiger partial charge in [0.25, 0.3) is 0 Å². The summed E-state index contributed by atoms with van der Waals surface area (Å²) in [5, 5.41) is 9.84. The molecule has 2 unspecified atom stereocenters. The van der Waals surface area contributed by atoms with Crippen molar-refractivity contribution in [2.24, 2.45) is 0 Å². The maximum Gasteiger partial charge on any atom is 0.221 e. The van der Waals surface area contributed by atoms with Crippen LogP contribution in [0.15, 0.2) is 60.2 Å². The second-order valence-electron chi connectivity index (χ2n) is 8.54. The fraction of sp³-hybridized carbons (Fsp3) is 0.231. The first-order valence-corrected chi connectivity index (χ1v) is 12.7. The second kappa shape index (κ2) is 9.71. The summed E-state index contributed by atoms with van der Waals surface area (Å²) in [6, 6.07) is 13.4. The van der Waals surface area contributed by atoms with E-state index in [-0.39, 0.29) is 18.0 Å². The Hall–Kier alpha value is -3.76. The van der Waals surface area contributed by atoms with Crippen LogP contribution >= 0.6 is 23.6 Å². The van der Waals surface area contributed by atoms with Gasteiger partial charge >= 0.3 is 0 Å². The van der Waals surface area contributed by atoms with Crippen molar-refractivity contribution in [2.75, 3.05) is 17.3 Å². The van der Waals surface area contributed by atoms with Gasteiger partial charge in [0.15, 0.2) is 10.2 Å². The van der Waals surface area contributed by atoms with Gasteiger partial charge in [-0.25, -0.2) is 4.98 Å².